The van der Waals surface area contributed by atoms with Gasteiger partial charge in [-0.15, -0.1) is 0 Å². The summed E-state index contributed by atoms with van der Waals surface area (Å²) in [5.41, 5.74) is 7.71. The zero-order chi connectivity index (χ0) is 10.9. The van der Waals surface area contributed by atoms with Crippen molar-refractivity contribution in [3.63, 3.8) is 0 Å². The lowest BCUT2D eigenvalue weighted by Crippen LogP contribution is -2.20. The van der Waals surface area contributed by atoms with Gasteiger partial charge in [-0.05, 0) is 24.5 Å². The molecule has 3 nitrogen and oxygen atoms in total. The maximum Gasteiger partial charge on any atom is 0.283 e. The maximum absolute atomic E-state index is 5.53. The molecule has 1 heterocycles. The Balaban J connectivity index is 2.30. The number of hydrogen-bond acceptors (Lipinski definition) is 3. The van der Waals surface area contributed by atoms with Gasteiger partial charge in [-0.3, -0.25) is 0 Å². The molecule has 3 heteroatoms. The van der Waals surface area contributed by atoms with Crippen molar-refractivity contribution in [3.8, 4) is 0 Å². The van der Waals surface area contributed by atoms with Crippen LogP contribution in [-0.2, 0) is 16.7 Å². The van der Waals surface area contributed by atoms with Gasteiger partial charge in [-0.25, -0.2) is 4.99 Å². The Morgan fingerprint density at radius 3 is 2.53 bits per heavy atom. The molecule has 0 aliphatic carbocycles. The van der Waals surface area contributed by atoms with Crippen molar-refractivity contribution in [1.29, 1.82) is 0 Å². The summed E-state index contributed by atoms with van der Waals surface area (Å²) in [4.78, 5) is 4.32. The molecule has 1 aromatic carbocycles. The van der Waals surface area contributed by atoms with Crippen molar-refractivity contribution in [3.05, 3.63) is 35.4 Å². The van der Waals surface area contributed by atoms with Crippen LogP contribution in [0.2, 0.25) is 0 Å². The normalized spacial score (nSPS) is 24.8. The van der Waals surface area contributed by atoms with Gasteiger partial charge in [0.25, 0.3) is 6.02 Å². The number of rotatable bonds is 2. The summed E-state index contributed by atoms with van der Waals surface area (Å²) in [5, 5.41) is 0. The van der Waals surface area contributed by atoms with Crippen LogP contribution in [0.15, 0.2) is 29.3 Å². The first kappa shape index (κ1) is 10.0. The second-order valence-corrected chi connectivity index (χ2v) is 4.06. The van der Waals surface area contributed by atoms with Gasteiger partial charge in [0.05, 0.1) is 0 Å². The first-order chi connectivity index (χ1) is 7.14. The molecule has 0 bridgehead atoms. The quantitative estimate of drug-likeness (QED) is 0.798. The number of nitrogens with zero attached hydrogens (tertiary/aromatic N) is 1. The molecule has 0 amide bonds. The molecule has 0 saturated heterocycles. The highest BCUT2D eigenvalue weighted by Gasteiger charge is 2.32. The minimum absolute atomic E-state index is 0.289. The third-order valence-electron chi connectivity index (χ3n) is 2.84. The van der Waals surface area contributed by atoms with Gasteiger partial charge in [-0.1, -0.05) is 31.2 Å². The Bertz CT molecular complexity index is 383. The van der Waals surface area contributed by atoms with Crippen LogP contribution in [0.1, 0.15) is 25.0 Å². The van der Waals surface area contributed by atoms with Crippen LogP contribution in [0.3, 0.4) is 0 Å². The Hall–Kier alpha value is -1.51. The number of amidine groups is 1. The predicted molar refractivity (Wildman–Crippen MR) is 60.7 cm³/mol. The molecule has 1 aromatic rings. The van der Waals surface area contributed by atoms with E-state index in [1.54, 1.807) is 0 Å². The van der Waals surface area contributed by atoms with E-state index in [4.69, 9.17) is 10.5 Å². The predicted octanol–water partition coefficient (Wildman–Crippen LogP) is 1.81. The fourth-order valence-electron chi connectivity index (χ4n) is 1.77. The van der Waals surface area contributed by atoms with Crippen molar-refractivity contribution in [2.24, 2.45) is 10.7 Å². The van der Waals surface area contributed by atoms with Crippen LogP contribution < -0.4 is 5.73 Å². The average molecular weight is 204 g/mol. The van der Waals surface area contributed by atoms with Crippen molar-refractivity contribution >= 4 is 6.02 Å². The standard InChI is InChI=1S/C12H16N2O/c1-3-9-4-6-10(7-5-9)12(2)8-15-11(13)14-12/h4-7H,3,8H2,1-2H3,(H2,13,14). The lowest BCUT2D eigenvalue weighted by molar-refractivity contribution is 0.266. The van der Waals surface area contributed by atoms with E-state index in [0.29, 0.717) is 6.61 Å². The smallest absolute Gasteiger partial charge is 0.283 e. The van der Waals surface area contributed by atoms with Crippen molar-refractivity contribution in [2.75, 3.05) is 6.61 Å². The highest BCUT2D eigenvalue weighted by molar-refractivity contribution is 5.74. The Labute approximate surface area is 90.0 Å². The molecule has 0 spiro atoms. The Kier molecular flexibility index (Phi) is 2.39. The van der Waals surface area contributed by atoms with Crippen LogP contribution in [0.4, 0.5) is 0 Å². The monoisotopic (exact) mass is 204 g/mol. The van der Waals surface area contributed by atoms with Gasteiger partial charge in [-0.2, -0.15) is 0 Å². The van der Waals surface area contributed by atoms with E-state index in [9.17, 15) is 0 Å². The summed E-state index contributed by atoms with van der Waals surface area (Å²) in [6.07, 6.45) is 1.05. The molecule has 15 heavy (non-hydrogen) atoms. The first-order valence-corrected chi connectivity index (χ1v) is 5.21. The summed E-state index contributed by atoms with van der Waals surface area (Å²) in [6, 6.07) is 8.75. The Morgan fingerprint density at radius 1 is 1.40 bits per heavy atom. The van der Waals surface area contributed by atoms with E-state index in [-0.39, 0.29) is 11.6 Å². The van der Waals surface area contributed by atoms with E-state index in [1.807, 2.05) is 6.92 Å². The maximum atomic E-state index is 5.53. The average Bonchev–Trinajstić information content (AvgIpc) is 2.60. The molecular weight excluding hydrogens is 188 g/mol. The zero-order valence-electron chi connectivity index (χ0n) is 9.16. The summed E-state index contributed by atoms with van der Waals surface area (Å²) >= 11 is 0. The largest absolute Gasteiger partial charge is 0.462 e. The molecule has 2 rings (SSSR count). The SMILES string of the molecule is CCc1ccc(C2(C)COC(N)=N2)cc1. The van der Waals surface area contributed by atoms with E-state index in [1.165, 1.54) is 5.56 Å². The minimum atomic E-state index is -0.309. The first-order valence-electron chi connectivity index (χ1n) is 5.21. The number of aliphatic imine (C=N–C) groups is 1. The van der Waals surface area contributed by atoms with Gasteiger partial charge in [0, 0.05) is 0 Å². The van der Waals surface area contributed by atoms with Crippen LogP contribution in [-0.4, -0.2) is 12.6 Å². The van der Waals surface area contributed by atoms with Crippen LogP contribution >= 0.6 is 0 Å². The second kappa shape index (κ2) is 3.57. The minimum Gasteiger partial charge on any atom is -0.462 e. The van der Waals surface area contributed by atoms with Crippen molar-refractivity contribution in [1.82, 2.24) is 0 Å². The lowest BCUT2D eigenvalue weighted by atomic mass is 9.93. The third kappa shape index (κ3) is 1.82. The van der Waals surface area contributed by atoms with Gasteiger partial charge in [0.1, 0.15) is 12.1 Å². The van der Waals surface area contributed by atoms with Gasteiger partial charge < -0.3 is 10.5 Å². The van der Waals surface area contributed by atoms with E-state index < -0.39 is 0 Å². The Morgan fingerprint density at radius 2 is 2.07 bits per heavy atom. The number of benzene rings is 1. The van der Waals surface area contributed by atoms with Gasteiger partial charge >= 0.3 is 0 Å². The van der Waals surface area contributed by atoms with Gasteiger partial charge in [0.2, 0.25) is 0 Å². The molecule has 0 radical (unpaired) electrons. The highest BCUT2D eigenvalue weighted by Crippen LogP contribution is 2.29. The van der Waals surface area contributed by atoms with Crippen LogP contribution in [0, 0.1) is 0 Å². The van der Waals surface area contributed by atoms with E-state index in [2.05, 4.69) is 36.2 Å². The lowest BCUT2D eigenvalue weighted by Gasteiger charge is -2.18. The second-order valence-electron chi connectivity index (χ2n) is 4.06. The van der Waals surface area contributed by atoms with Crippen LogP contribution in [0.5, 0.6) is 0 Å². The molecule has 1 aliphatic heterocycles. The number of nitrogens with two attached hydrogens (primary N) is 1. The van der Waals surface area contributed by atoms with E-state index >= 15 is 0 Å². The van der Waals surface area contributed by atoms with Crippen LogP contribution in [0.25, 0.3) is 0 Å². The molecule has 1 unspecified atom stereocenters. The summed E-state index contributed by atoms with van der Waals surface area (Å²) in [6.45, 7) is 4.71. The van der Waals surface area contributed by atoms with E-state index in [0.717, 1.165) is 12.0 Å². The summed E-state index contributed by atoms with van der Waals surface area (Å²) in [5.74, 6) is 0. The zero-order valence-corrected chi connectivity index (χ0v) is 9.16. The molecular formula is C12H16N2O. The number of hydrogen-bond donors (Lipinski definition) is 1. The fourth-order valence-corrected chi connectivity index (χ4v) is 1.77. The molecule has 0 fully saturated rings. The summed E-state index contributed by atoms with van der Waals surface area (Å²) in [7, 11) is 0. The third-order valence-corrected chi connectivity index (χ3v) is 2.84. The van der Waals surface area contributed by atoms with Crippen molar-refractivity contribution in [2.45, 2.75) is 25.8 Å². The molecule has 80 valence electrons. The summed E-state index contributed by atoms with van der Waals surface area (Å²) < 4.78 is 5.21. The van der Waals surface area contributed by atoms with Gasteiger partial charge in [0.15, 0.2) is 0 Å². The topological polar surface area (TPSA) is 47.6 Å². The van der Waals surface area contributed by atoms with Crippen molar-refractivity contribution < 1.29 is 4.74 Å². The molecule has 2 N–H and O–H groups in total. The molecule has 0 aromatic heterocycles. The fraction of sp³-hybridized carbons (Fsp3) is 0.417. The molecule has 1 aliphatic rings. The number of aryl methyl sites for hydroxylation is 1. The number of ether oxygens (including phenoxy) is 1. The molecule has 1 atom stereocenters. The molecule has 0 saturated carbocycles. The highest BCUT2D eigenvalue weighted by atomic mass is 16.5.